The number of nitro benzene ring substituents is 1. The molecule has 2 rings (SSSR count). The molecule has 1 N–H and O–H groups in total. The van der Waals surface area contributed by atoms with Crippen molar-refractivity contribution in [3.63, 3.8) is 0 Å². The standard InChI is InChI=1S/C16H18N2O4/c1-3-11(2)17-15(9-6-13(10-19)16(17)20)12-4-7-14(8-5-12)18(21)22/h4-9,11,19H,3,10H2,1-2H3. The number of non-ortho nitro benzene ring substituents is 1. The maximum Gasteiger partial charge on any atom is 0.269 e. The molecule has 0 saturated heterocycles. The van der Waals surface area contributed by atoms with Gasteiger partial charge in [0.25, 0.3) is 11.2 Å². The second-order valence-corrected chi connectivity index (χ2v) is 5.14. The van der Waals surface area contributed by atoms with Crippen molar-refractivity contribution in [1.82, 2.24) is 4.57 Å². The van der Waals surface area contributed by atoms with Crippen LogP contribution in [0.5, 0.6) is 0 Å². The number of pyridine rings is 1. The van der Waals surface area contributed by atoms with Crippen molar-refractivity contribution < 1.29 is 10.0 Å². The topological polar surface area (TPSA) is 85.4 Å². The first-order valence-corrected chi connectivity index (χ1v) is 7.09. The molecule has 0 spiro atoms. The number of aliphatic hydroxyl groups excluding tert-OH is 1. The van der Waals surface area contributed by atoms with Crippen molar-refractivity contribution in [2.24, 2.45) is 0 Å². The molecule has 1 atom stereocenters. The van der Waals surface area contributed by atoms with Gasteiger partial charge in [-0.3, -0.25) is 14.9 Å². The van der Waals surface area contributed by atoms with E-state index in [0.717, 1.165) is 12.0 Å². The van der Waals surface area contributed by atoms with Gasteiger partial charge >= 0.3 is 0 Å². The highest BCUT2D eigenvalue weighted by Gasteiger charge is 2.15. The number of nitrogens with zero attached hydrogens (tertiary/aromatic N) is 2. The van der Waals surface area contributed by atoms with Gasteiger partial charge < -0.3 is 9.67 Å². The van der Waals surface area contributed by atoms with E-state index < -0.39 is 4.92 Å². The Balaban J connectivity index is 2.61. The minimum atomic E-state index is -0.458. The first-order chi connectivity index (χ1) is 10.5. The molecule has 6 nitrogen and oxygen atoms in total. The van der Waals surface area contributed by atoms with Gasteiger partial charge in [-0.25, -0.2) is 0 Å². The molecule has 0 fully saturated rings. The van der Waals surface area contributed by atoms with E-state index in [1.807, 2.05) is 13.8 Å². The van der Waals surface area contributed by atoms with E-state index in [1.54, 1.807) is 28.8 Å². The van der Waals surface area contributed by atoms with E-state index in [0.29, 0.717) is 11.3 Å². The van der Waals surface area contributed by atoms with Crippen LogP contribution >= 0.6 is 0 Å². The molecule has 1 aromatic carbocycles. The number of benzene rings is 1. The Labute approximate surface area is 127 Å². The van der Waals surface area contributed by atoms with Crippen LogP contribution in [0.3, 0.4) is 0 Å². The highest BCUT2D eigenvalue weighted by molar-refractivity contribution is 5.61. The van der Waals surface area contributed by atoms with Crippen LogP contribution < -0.4 is 5.56 Å². The summed E-state index contributed by atoms with van der Waals surface area (Å²) in [6.45, 7) is 3.59. The quantitative estimate of drug-likeness (QED) is 0.679. The molecule has 6 heteroatoms. The third-order valence-corrected chi connectivity index (χ3v) is 3.77. The van der Waals surface area contributed by atoms with Crippen LogP contribution in [0.25, 0.3) is 11.3 Å². The first-order valence-electron chi connectivity index (χ1n) is 7.09. The van der Waals surface area contributed by atoms with Crippen molar-refractivity contribution in [3.8, 4) is 11.3 Å². The fourth-order valence-electron chi connectivity index (χ4n) is 2.32. The van der Waals surface area contributed by atoms with Crippen molar-refractivity contribution in [3.05, 3.63) is 62.4 Å². The van der Waals surface area contributed by atoms with Gasteiger partial charge in [-0.1, -0.05) is 6.92 Å². The Hall–Kier alpha value is -2.47. The van der Waals surface area contributed by atoms with Crippen LogP contribution in [0, 0.1) is 10.1 Å². The molecule has 0 saturated carbocycles. The minimum Gasteiger partial charge on any atom is -0.391 e. The monoisotopic (exact) mass is 302 g/mol. The number of hydrogen-bond acceptors (Lipinski definition) is 4. The largest absolute Gasteiger partial charge is 0.391 e. The minimum absolute atomic E-state index is 0.00756. The van der Waals surface area contributed by atoms with E-state index in [2.05, 4.69) is 0 Å². The van der Waals surface area contributed by atoms with Crippen LogP contribution in [-0.2, 0) is 6.61 Å². The predicted molar refractivity (Wildman–Crippen MR) is 83.7 cm³/mol. The van der Waals surface area contributed by atoms with Crippen molar-refractivity contribution in [2.75, 3.05) is 0 Å². The molecule has 2 aromatic rings. The maximum atomic E-state index is 12.5. The summed E-state index contributed by atoms with van der Waals surface area (Å²) < 4.78 is 1.63. The van der Waals surface area contributed by atoms with Crippen LogP contribution in [0.15, 0.2) is 41.2 Å². The van der Waals surface area contributed by atoms with Crippen molar-refractivity contribution in [2.45, 2.75) is 32.9 Å². The van der Waals surface area contributed by atoms with Crippen LogP contribution in [0.1, 0.15) is 31.9 Å². The number of aromatic nitrogens is 1. The van der Waals surface area contributed by atoms with Gasteiger partial charge in [-0.15, -0.1) is 0 Å². The lowest BCUT2D eigenvalue weighted by molar-refractivity contribution is -0.384. The molecule has 22 heavy (non-hydrogen) atoms. The summed E-state index contributed by atoms with van der Waals surface area (Å²) in [6.07, 6.45) is 0.759. The molecular weight excluding hydrogens is 284 g/mol. The smallest absolute Gasteiger partial charge is 0.269 e. The number of aliphatic hydroxyl groups is 1. The summed E-state index contributed by atoms with van der Waals surface area (Å²) in [5, 5.41) is 20.0. The van der Waals surface area contributed by atoms with E-state index in [1.165, 1.54) is 12.1 Å². The van der Waals surface area contributed by atoms with Gasteiger partial charge in [0.05, 0.1) is 17.2 Å². The third-order valence-electron chi connectivity index (χ3n) is 3.77. The lowest BCUT2D eigenvalue weighted by Crippen LogP contribution is -2.27. The average Bonchev–Trinajstić information content (AvgIpc) is 2.53. The highest BCUT2D eigenvalue weighted by Crippen LogP contribution is 2.25. The Morgan fingerprint density at radius 1 is 1.23 bits per heavy atom. The first kappa shape index (κ1) is 15.9. The van der Waals surface area contributed by atoms with Gasteiger partial charge in [0.15, 0.2) is 0 Å². The molecule has 0 amide bonds. The zero-order valence-electron chi connectivity index (χ0n) is 12.5. The molecule has 1 heterocycles. The molecule has 0 aliphatic rings. The predicted octanol–water partition coefficient (Wildman–Crippen LogP) is 2.89. The Bertz CT molecular complexity index is 735. The molecule has 0 aliphatic carbocycles. The summed E-state index contributed by atoms with van der Waals surface area (Å²) in [6, 6.07) is 9.42. The zero-order chi connectivity index (χ0) is 16.3. The number of rotatable bonds is 5. The van der Waals surface area contributed by atoms with E-state index in [4.69, 9.17) is 0 Å². The average molecular weight is 302 g/mol. The zero-order valence-corrected chi connectivity index (χ0v) is 12.5. The van der Waals surface area contributed by atoms with Crippen LogP contribution in [0.2, 0.25) is 0 Å². The Kier molecular flexibility index (Phi) is 4.72. The van der Waals surface area contributed by atoms with E-state index >= 15 is 0 Å². The highest BCUT2D eigenvalue weighted by atomic mass is 16.6. The molecule has 1 aromatic heterocycles. The van der Waals surface area contributed by atoms with Gasteiger partial charge in [0.1, 0.15) is 0 Å². The molecule has 0 radical (unpaired) electrons. The van der Waals surface area contributed by atoms with Crippen LogP contribution in [-0.4, -0.2) is 14.6 Å². The van der Waals surface area contributed by atoms with Crippen molar-refractivity contribution >= 4 is 5.69 Å². The molecule has 116 valence electrons. The number of hydrogen-bond donors (Lipinski definition) is 1. The molecule has 0 bridgehead atoms. The second-order valence-electron chi connectivity index (χ2n) is 5.14. The summed E-state index contributed by atoms with van der Waals surface area (Å²) in [5.74, 6) is 0. The van der Waals surface area contributed by atoms with Gasteiger partial charge in [-0.2, -0.15) is 0 Å². The molecular formula is C16H18N2O4. The molecule has 0 aliphatic heterocycles. The Morgan fingerprint density at radius 2 is 1.86 bits per heavy atom. The van der Waals surface area contributed by atoms with Crippen LogP contribution in [0.4, 0.5) is 5.69 Å². The van der Waals surface area contributed by atoms with E-state index in [-0.39, 0.29) is 23.9 Å². The lowest BCUT2D eigenvalue weighted by Gasteiger charge is -2.19. The molecule has 1 unspecified atom stereocenters. The number of nitro groups is 1. The third kappa shape index (κ3) is 2.92. The summed E-state index contributed by atoms with van der Waals surface area (Å²) >= 11 is 0. The summed E-state index contributed by atoms with van der Waals surface area (Å²) in [5.41, 5.74) is 1.53. The normalized spacial score (nSPS) is 12.1. The fraction of sp³-hybridized carbons (Fsp3) is 0.312. The SMILES string of the molecule is CCC(C)n1c(-c2ccc([N+](=O)[O-])cc2)ccc(CO)c1=O. The second kappa shape index (κ2) is 6.53. The Morgan fingerprint density at radius 3 is 2.36 bits per heavy atom. The van der Waals surface area contributed by atoms with Crippen molar-refractivity contribution in [1.29, 1.82) is 0 Å². The van der Waals surface area contributed by atoms with E-state index in [9.17, 15) is 20.0 Å². The maximum absolute atomic E-state index is 12.5. The summed E-state index contributed by atoms with van der Waals surface area (Å²) in [7, 11) is 0. The summed E-state index contributed by atoms with van der Waals surface area (Å²) in [4.78, 5) is 22.7. The fourth-order valence-corrected chi connectivity index (χ4v) is 2.32. The lowest BCUT2D eigenvalue weighted by atomic mass is 10.1. The van der Waals surface area contributed by atoms with Gasteiger partial charge in [-0.05, 0) is 43.2 Å². The van der Waals surface area contributed by atoms with Gasteiger partial charge in [0, 0.05) is 23.7 Å². The van der Waals surface area contributed by atoms with Gasteiger partial charge in [0.2, 0.25) is 0 Å².